The van der Waals surface area contributed by atoms with Crippen LogP contribution in [0.2, 0.25) is 5.15 Å². The van der Waals surface area contributed by atoms with Crippen LogP contribution in [0.15, 0.2) is 34.4 Å². The van der Waals surface area contributed by atoms with E-state index in [4.69, 9.17) is 11.6 Å². The number of imidazole rings is 1. The molecule has 2 aromatic heterocycles. The lowest BCUT2D eigenvalue weighted by molar-refractivity contribution is 0.886. The lowest BCUT2D eigenvalue weighted by atomic mass is 10.2. The second kappa shape index (κ2) is 5.42. The number of hydrogen-bond acceptors (Lipinski definition) is 4. The summed E-state index contributed by atoms with van der Waals surface area (Å²) in [6, 6.07) is 7.89. The molecule has 1 aromatic carbocycles. The van der Waals surface area contributed by atoms with Crippen LogP contribution < -0.4 is 0 Å². The summed E-state index contributed by atoms with van der Waals surface area (Å²) < 4.78 is 0. The first-order valence-corrected chi connectivity index (χ1v) is 7.51. The van der Waals surface area contributed by atoms with Crippen LogP contribution in [0.4, 0.5) is 0 Å². The van der Waals surface area contributed by atoms with Gasteiger partial charge in [0.2, 0.25) is 0 Å². The smallest absolute Gasteiger partial charge is 0.172 e. The number of H-pyrrole nitrogens is 1. The first kappa shape index (κ1) is 13.4. The molecule has 3 aromatic rings. The zero-order chi connectivity index (χ0) is 14.1. The van der Waals surface area contributed by atoms with Crippen LogP contribution in [0, 0.1) is 6.92 Å². The van der Waals surface area contributed by atoms with Crippen molar-refractivity contribution in [3.05, 3.63) is 40.8 Å². The number of aryl methyl sites for hydroxylation is 2. The van der Waals surface area contributed by atoms with Crippen LogP contribution >= 0.6 is 23.4 Å². The largest absolute Gasteiger partial charge is 0.333 e. The second-order valence-electron chi connectivity index (χ2n) is 4.46. The number of aromatic nitrogens is 4. The van der Waals surface area contributed by atoms with Gasteiger partial charge in [-0.3, -0.25) is 0 Å². The lowest BCUT2D eigenvalue weighted by Crippen LogP contribution is -1.94. The molecule has 3 rings (SSSR count). The Bertz CT molecular complexity index is 769. The van der Waals surface area contributed by atoms with Gasteiger partial charge in [0.1, 0.15) is 16.0 Å². The van der Waals surface area contributed by atoms with Gasteiger partial charge in [0.05, 0.1) is 11.0 Å². The third-order valence-electron chi connectivity index (χ3n) is 2.85. The third kappa shape index (κ3) is 2.78. The van der Waals surface area contributed by atoms with E-state index >= 15 is 0 Å². The van der Waals surface area contributed by atoms with Crippen molar-refractivity contribution in [1.82, 2.24) is 19.9 Å². The Balaban J connectivity index is 1.94. The molecule has 0 unspecified atom stereocenters. The molecule has 0 atom stereocenters. The molecule has 102 valence electrons. The highest BCUT2D eigenvalue weighted by Gasteiger charge is 2.08. The fraction of sp³-hybridized carbons (Fsp3) is 0.214. The highest BCUT2D eigenvalue weighted by molar-refractivity contribution is 7.99. The van der Waals surface area contributed by atoms with Crippen molar-refractivity contribution in [2.75, 3.05) is 0 Å². The summed E-state index contributed by atoms with van der Waals surface area (Å²) in [5, 5.41) is 2.08. The highest BCUT2D eigenvalue weighted by Crippen LogP contribution is 2.27. The van der Waals surface area contributed by atoms with Gasteiger partial charge < -0.3 is 4.98 Å². The van der Waals surface area contributed by atoms with Crippen molar-refractivity contribution in [2.45, 2.75) is 30.5 Å². The van der Waals surface area contributed by atoms with Crippen molar-refractivity contribution >= 4 is 34.4 Å². The molecule has 0 radical (unpaired) electrons. The number of fused-ring (bicyclic) bond motifs is 1. The molecular weight excluding hydrogens is 292 g/mol. The monoisotopic (exact) mass is 304 g/mol. The van der Waals surface area contributed by atoms with E-state index in [1.165, 1.54) is 17.3 Å². The fourth-order valence-corrected chi connectivity index (χ4v) is 2.99. The van der Waals surface area contributed by atoms with Gasteiger partial charge in [0.15, 0.2) is 5.16 Å². The molecule has 0 saturated heterocycles. The standard InChI is InChI=1S/C14H13ClN4S/c1-3-12-18-11(15)7-13(19-12)20-14-16-9-5-4-8(2)6-10(9)17-14/h4-7H,3H2,1-2H3,(H,16,17). The molecule has 20 heavy (non-hydrogen) atoms. The number of aromatic amines is 1. The van der Waals surface area contributed by atoms with Crippen LogP contribution in [0.3, 0.4) is 0 Å². The van der Waals surface area contributed by atoms with Crippen molar-refractivity contribution < 1.29 is 0 Å². The molecule has 0 spiro atoms. The molecule has 0 bridgehead atoms. The average molecular weight is 305 g/mol. The lowest BCUT2D eigenvalue weighted by Gasteiger charge is -2.01. The minimum atomic E-state index is 0.464. The zero-order valence-electron chi connectivity index (χ0n) is 11.1. The molecule has 2 heterocycles. The number of nitrogens with one attached hydrogen (secondary N) is 1. The molecular formula is C14H13ClN4S. The van der Waals surface area contributed by atoms with Crippen molar-refractivity contribution in [3.63, 3.8) is 0 Å². The van der Waals surface area contributed by atoms with Crippen LogP contribution in [0.25, 0.3) is 11.0 Å². The molecule has 0 fully saturated rings. The minimum Gasteiger partial charge on any atom is -0.333 e. The molecule has 6 heteroatoms. The zero-order valence-corrected chi connectivity index (χ0v) is 12.7. The maximum absolute atomic E-state index is 6.00. The minimum absolute atomic E-state index is 0.464. The second-order valence-corrected chi connectivity index (χ2v) is 5.86. The van der Waals surface area contributed by atoms with Gasteiger partial charge in [-0.1, -0.05) is 24.6 Å². The fourth-order valence-electron chi connectivity index (χ4n) is 1.90. The Morgan fingerprint density at radius 1 is 1.20 bits per heavy atom. The molecule has 1 N–H and O–H groups in total. The van der Waals surface area contributed by atoms with Gasteiger partial charge >= 0.3 is 0 Å². The Morgan fingerprint density at radius 3 is 2.85 bits per heavy atom. The summed E-state index contributed by atoms with van der Waals surface area (Å²) in [7, 11) is 0. The summed E-state index contributed by atoms with van der Waals surface area (Å²) in [5.74, 6) is 0.743. The first-order valence-electron chi connectivity index (χ1n) is 6.31. The van der Waals surface area contributed by atoms with E-state index in [1.807, 2.05) is 19.1 Å². The highest BCUT2D eigenvalue weighted by atomic mass is 35.5. The quantitative estimate of drug-likeness (QED) is 0.742. The number of nitrogens with zero attached hydrogens (tertiary/aromatic N) is 3. The maximum Gasteiger partial charge on any atom is 0.172 e. The van der Waals surface area contributed by atoms with Crippen LogP contribution in [-0.4, -0.2) is 19.9 Å². The van der Waals surface area contributed by atoms with Gasteiger partial charge in [0.25, 0.3) is 0 Å². The van der Waals surface area contributed by atoms with E-state index in [-0.39, 0.29) is 0 Å². The van der Waals surface area contributed by atoms with Crippen molar-refractivity contribution in [1.29, 1.82) is 0 Å². The van der Waals surface area contributed by atoms with E-state index in [1.54, 1.807) is 6.07 Å². The van der Waals surface area contributed by atoms with Crippen LogP contribution in [0.1, 0.15) is 18.3 Å². The van der Waals surface area contributed by atoms with E-state index in [0.717, 1.165) is 33.5 Å². The maximum atomic E-state index is 6.00. The van der Waals surface area contributed by atoms with Crippen LogP contribution in [-0.2, 0) is 6.42 Å². The molecule has 4 nitrogen and oxygen atoms in total. The molecule has 0 aliphatic carbocycles. The third-order valence-corrected chi connectivity index (χ3v) is 3.85. The molecule has 0 amide bonds. The molecule has 0 aliphatic rings. The van der Waals surface area contributed by atoms with E-state index in [0.29, 0.717) is 5.15 Å². The van der Waals surface area contributed by atoms with Crippen molar-refractivity contribution in [3.8, 4) is 0 Å². The summed E-state index contributed by atoms with van der Waals surface area (Å²) in [6.07, 6.45) is 0.757. The average Bonchev–Trinajstić information content (AvgIpc) is 2.79. The molecule has 0 aliphatic heterocycles. The summed E-state index contributed by atoms with van der Waals surface area (Å²) in [4.78, 5) is 16.4. The predicted molar refractivity (Wildman–Crippen MR) is 81.4 cm³/mol. The first-order chi connectivity index (χ1) is 9.64. The van der Waals surface area contributed by atoms with Gasteiger partial charge in [-0.2, -0.15) is 0 Å². The Kier molecular flexibility index (Phi) is 3.63. The predicted octanol–water partition coefficient (Wildman–Crippen LogP) is 4.03. The summed E-state index contributed by atoms with van der Waals surface area (Å²) >= 11 is 7.46. The number of rotatable bonds is 3. The Hall–Kier alpha value is -1.59. The summed E-state index contributed by atoms with van der Waals surface area (Å²) in [6.45, 7) is 4.06. The van der Waals surface area contributed by atoms with Gasteiger partial charge in [0, 0.05) is 12.5 Å². The Morgan fingerprint density at radius 2 is 2.05 bits per heavy atom. The number of halogens is 1. The van der Waals surface area contributed by atoms with E-state index in [2.05, 4.69) is 32.9 Å². The summed E-state index contributed by atoms with van der Waals surface area (Å²) in [5.41, 5.74) is 3.19. The van der Waals surface area contributed by atoms with Gasteiger partial charge in [-0.05, 0) is 36.4 Å². The van der Waals surface area contributed by atoms with Crippen molar-refractivity contribution in [2.24, 2.45) is 0 Å². The van der Waals surface area contributed by atoms with Gasteiger partial charge in [-0.15, -0.1) is 0 Å². The SMILES string of the molecule is CCc1nc(Cl)cc(Sc2nc3ccc(C)cc3[nH]2)n1. The Labute approximate surface area is 126 Å². The van der Waals surface area contributed by atoms with E-state index < -0.39 is 0 Å². The van der Waals surface area contributed by atoms with Gasteiger partial charge in [-0.25, -0.2) is 15.0 Å². The normalized spacial score (nSPS) is 11.2. The number of hydrogen-bond donors (Lipinski definition) is 1. The molecule has 0 saturated carbocycles. The van der Waals surface area contributed by atoms with E-state index in [9.17, 15) is 0 Å². The van der Waals surface area contributed by atoms with Crippen LogP contribution in [0.5, 0.6) is 0 Å². The number of benzene rings is 1. The topological polar surface area (TPSA) is 54.5 Å².